The normalized spacial score (nSPS) is 11.1. The first-order valence-corrected chi connectivity index (χ1v) is 10.7. The summed E-state index contributed by atoms with van der Waals surface area (Å²) in [6.07, 6.45) is 5.23. The fourth-order valence-electron chi connectivity index (χ4n) is 3.99. The Bertz CT molecular complexity index is 1240. The summed E-state index contributed by atoms with van der Waals surface area (Å²) in [6.45, 7) is 3.71. The van der Waals surface area contributed by atoms with Gasteiger partial charge < -0.3 is 11.1 Å². The number of hydrogen-bond acceptors (Lipinski definition) is 5. The predicted octanol–water partition coefficient (Wildman–Crippen LogP) is 4.50. The maximum Gasteiger partial charge on any atom is 0.150 e. The van der Waals surface area contributed by atoms with E-state index in [9.17, 15) is 0 Å². The SMILES string of the molecule is Cc1ccc2c(c1)nc(N)c1nccc(CCc3ccc(CCNCCC#N)cc3)c12. The average Bonchev–Trinajstić information content (AvgIpc) is 2.78. The summed E-state index contributed by atoms with van der Waals surface area (Å²) in [5.74, 6) is 0.489. The van der Waals surface area contributed by atoms with E-state index >= 15 is 0 Å². The summed E-state index contributed by atoms with van der Waals surface area (Å²) in [5.41, 5.74) is 13.0. The molecule has 156 valence electrons. The molecule has 5 nitrogen and oxygen atoms in total. The topological polar surface area (TPSA) is 87.6 Å². The minimum absolute atomic E-state index is 0.489. The maximum absolute atomic E-state index is 8.58. The van der Waals surface area contributed by atoms with Crippen LogP contribution in [0.1, 0.15) is 28.7 Å². The Labute approximate surface area is 182 Å². The van der Waals surface area contributed by atoms with Crippen LogP contribution in [0, 0.1) is 18.3 Å². The molecule has 0 fully saturated rings. The van der Waals surface area contributed by atoms with Crippen LogP contribution in [0.5, 0.6) is 0 Å². The van der Waals surface area contributed by atoms with E-state index in [2.05, 4.69) is 76.8 Å². The number of aryl methyl sites for hydroxylation is 3. The number of benzene rings is 2. The number of nitrogens with two attached hydrogens (primary N) is 1. The van der Waals surface area contributed by atoms with Gasteiger partial charge in [-0.1, -0.05) is 36.4 Å². The van der Waals surface area contributed by atoms with Gasteiger partial charge in [0.2, 0.25) is 0 Å². The summed E-state index contributed by atoms with van der Waals surface area (Å²) in [7, 11) is 0. The molecule has 4 rings (SSSR count). The molecule has 0 radical (unpaired) electrons. The Kier molecular flexibility index (Phi) is 6.40. The summed E-state index contributed by atoms with van der Waals surface area (Å²) in [4.78, 5) is 9.09. The van der Waals surface area contributed by atoms with Gasteiger partial charge in [-0.05, 0) is 67.1 Å². The van der Waals surface area contributed by atoms with Crippen molar-refractivity contribution < 1.29 is 0 Å². The molecular weight excluding hydrogens is 382 g/mol. The molecule has 0 atom stereocenters. The van der Waals surface area contributed by atoms with E-state index in [0.717, 1.165) is 54.2 Å². The second-order valence-corrected chi connectivity index (χ2v) is 7.94. The number of rotatable bonds is 8. The second kappa shape index (κ2) is 9.55. The lowest BCUT2D eigenvalue weighted by molar-refractivity contribution is 0.692. The molecule has 2 heterocycles. The molecule has 0 unspecified atom stereocenters. The van der Waals surface area contributed by atoms with Crippen molar-refractivity contribution in [2.45, 2.75) is 32.6 Å². The number of hydrogen-bond donors (Lipinski definition) is 2. The first-order chi connectivity index (χ1) is 15.2. The Morgan fingerprint density at radius 1 is 0.968 bits per heavy atom. The van der Waals surface area contributed by atoms with E-state index in [-0.39, 0.29) is 0 Å². The molecule has 0 spiro atoms. The minimum atomic E-state index is 0.489. The first kappa shape index (κ1) is 20.8. The zero-order valence-electron chi connectivity index (χ0n) is 17.9. The van der Waals surface area contributed by atoms with Crippen molar-refractivity contribution in [1.82, 2.24) is 15.3 Å². The highest BCUT2D eigenvalue weighted by molar-refractivity contribution is 6.09. The van der Waals surface area contributed by atoms with Gasteiger partial charge in [-0.25, -0.2) is 4.98 Å². The summed E-state index contributed by atoms with van der Waals surface area (Å²) < 4.78 is 0. The van der Waals surface area contributed by atoms with Crippen molar-refractivity contribution in [3.05, 3.63) is 77.0 Å². The standard InChI is InChI=1S/C26H27N5/c1-18-3-10-22-23(17-18)31-26(28)25-24(22)21(12-16-30-25)9-8-19-4-6-20(7-5-19)11-15-29-14-2-13-27/h3-7,10,12,16-17,29H,2,8-9,11,14-15H2,1H3,(H2,28,31). The Morgan fingerprint density at radius 2 is 1.74 bits per heavy atom. The third-order valence-electron chi connectivity index (χ3n) is 5.65. The Balaban J connectivity index is 1.50. The van der Waals surface area contributed by atoms with Crippen LogP contribution in [-0.4, -0.2) is 23.1 Å². The van der Waals surface area contributed by atoms with Gasteiger partial charge in [0.25, 0.3) is 0 Å². The Hall–Kier alpha value is -3.49. The fraction of sp³-hybridized carbons (Fsp3) is 0.269. The van der Waals surface area contributed by atoms with Crippen molar-refractivity contribution >= 4 is 27.6 Å². The van der Waals surface area contributed by atoms with Gasteiger partial charge in [0.15, 0.2) is 5.82 Å². The number of nitrogens with one attached hydrogen (secondary N) is 1. The molecule has 31 heavy (non-hydrogen) atoms. The largest absolute Gasteiger partial charge is 0.382 e. The van der Waals surface area contributed by atoms with Gasteiger partial charge in [0.05, 0.1) is 11.6 Å². The second-order valence-electron chi connectivity index (χ2n) is 7.94. The molecule has 0 aliphatic heterocycles. The van der Waals surface area contributed by atoms with Crippen LogP contribution in [0.15, 0.2) is 54.7 Å². The molecule has 0 saturated heterocycles. The number of anilines is 1. The van der Waals surface area contributed by atoms with E-state index in [1.54, 1.807) is 0 Å². The van der Waals surface area contributed by atoms with Crippen molar-refractivity contribution in [3.63, 3.8) is 0 Å². The minimum Gasteiger partial charge on any atom is -0.382 e. The number of nitriles is 1. The van der Waals surface area contributed by atoms with Crippen LogP contribution in [0.3, 0.4) is 0 Å². The predicted molar refractivity (Wildman–Crippen MR) is 127 cm³/mol. The van der Waals surface area contributed by atoms with Crippen molar-refractivity contribution in [3.8, 4) is 6.07 Å². The smallest absolute Gasteiger partial charge is 0.150 e. The van der Waals surface area contributed by atoms with Crippen LogP contribution in [-0.2, 0) is 19.3 Å². The number of pyridine rings is 2. The first-order valence-electron chi connectivity index (χ1n) is 10.7. The summed E-state index contributed by atoms with van der Waals surface area (Å²) >= 11 is 0. The van der Waals surface area contributed by atoms with Crippen LogP contribution < -0.4 is 11.1 Å². The lowest BCUT2D eigenvalue weighted by atomic mass is 9.97. The van der Waals surface area contributed by atoms with Gasteiger partial charge >= 0.3 is 0 Å². The summed E-state index contributed by atoms with van der Waals surface area (Å²) in [6, 6.07) is 19.4. The zero-order chi connectivity index (χ0) is 21.6. The van der Waals surface area contributed by atoms with Crippen molar-refractivity contribution in [2.75, 3.05) is 18.8 Å². The van der Waals surface area contributed by atoms with E-state index in [0.29, 0.717) is 12.2 Å². The number of nitrogen functional groups attached to an aromatic ring is 1. The lowest BCUT2D eigenvalue weighted by Gasteiger charge is -2.11. The van der Waals surface area contributed by atoms with Gasteiger partial charge in [0, 0.05) is 29.9 Å². The highest BCUT2D eigenvalue weighted by Gasteiger charge is 2.12. The average molecular weight is 410 g/mol. The molecule has 0 aliphatic carbocycles. The van der Waals surface area contributed by atoms with E-state index in [1.807, 2.05) is 6.20 Å². The highest BCUT2D eigenvalue weighted by atomic mass is 14.9. The van der Waals surface area contributed by atoms with Gasteiger partial charge in [0.1, 0.15) is 5.52 Å². The summed E-state index contributed by atoms with van der Waals surface area (Å²) in [5, 5.41) is 14.1. The fourth-order valence-corrected chi connectivity index (χ4v) is 3.99. The third-order valence-corrected chi connectivity index (χ3v) is 5.65. The zero-order valence-corrected chi connectivity index (χ0v) is 17.9. The number of fused-ring (bicyclic) bond motifs is 3. The van der Waals surface area contributed by atoms with E-state index in [1.165, 1.54) is 22.3 Å². The molecular formula is C26H27N5. The van der Waals surface area contributed by atoms with Gasteiger partial charge in [-0.3, -0.25) is 4.98 Å². The third kappa shape index (κ3) is 4.82. The molecule has 2 aromatic carbocycles. The maximum atomic E-state index is 8.58. The molecule has 4 aromatic rings. The van der Waals surface area contributed by atoms with Gasteiger partial charge in [-0.15, -0.1) is 0 Å². The van der Waals surface area contributed by atoms with Crippen LogP contribution in [0.25, 0.3) is 21.8 Å². The molecule has 0 bridgehead atoms. The van der Waals surface area contributed by atoms with E-state index < -0.39 is 0 Å². The molecule has 3 N–H and O–H groups in total. The van der Waals surface area contributed by atoms with Crippen molar-refractivity contribution in [1.29, 1.82) is 5.26 Å². The molecule has 2 aromatic heterocycles. The molecule has 0 saturated carbocycles. The quantitative estimate of drug-likeness (QED) is 0.330. The molecule has 0 amide bonds. The molecule has 0 aliphatic rings. The van der Waals surface area contributed by atoms with Crippen molar-refractivity contribution in [2.24, 2.45) is 0 Å². The number of nitrogens with zero attached hydrogens (tertiary/aromatic N) is 3. The van der Waals surface area contributed by atoms with Gasteiger partial charge in [-0.2, -0.15) is 5.26 Å². The highest BCUT2D eigenvalue weighted by Crippen LogP contribution is 2.30. The number of aromatic nitrogens is 2. The molecule has 5 heteroatoms. The lowest BCUT2D eigenvalue weighted by Crippen LogP contribution is -2.18. The van der Waals surface area contributed by atoms with E-state index in [4.69, 9.17) is 11.0 Å². The van der Waals surface area contributed by atoms with Crippen LogP contribution in [0.2, 0.25) is 0 Å². The monoisotopic (exact) mass is 409 g/mol. The van der Waals surface area contributed by atoms with Crippen LogP contribution in [0.4, 0.5) is 5.82 Å². The Morgan fingerprint density at radius 3 is 2.52 bits per heavy atom. The van der Waals surface area contributed by atoms with Crippen LogP contribution >= 0.6 is 0 Å².